The van der Waals surface area contributed by atoms with E-state index in [0.717, 1.165) is 52.4 Å². The van der Waals surface area contributed by atoms with Crippen molar-refractivity contribution in [2.75, 3.05) is 18.4 Å². The highest BCUT2D eigenvalue weighted by molar-refractivity contribution is 7.11. The van der Waals surface area contributed by atoms with Gasteiger partial charge < -0.3 is 15.0 Å². The second-order valence-corrected chi connectivity index (χ2v) is 10.4. The number of nitrogens with zero attached hydrogens (tertiary/aromatic N) is 4. The first-order valence-corrected chi connectivity index (χ1v) is 12.8. The van der Waals surface area contributed by atoms with Crippen LogP contribution < -0.4 is 5.32 Å². The molecule has 1 saturated heterocycles. The lowest BCUT2D eigenvalue weighted by Crippen LogP contribution is -2.38. The Labute approximate surface area is 208 Å². The zero-order valence-electron chi connectivity index (χ0n) is 20.3. The van der Waals surface area contributed by atoms with Crippen molar-refractivity contribution >= 4 is 34.2 Å². The predicted molar refractivity (Wildman–Crippen MR) is 138 cm³/mol. The summed E-state index contributed by atoms with van der Waals surface area (Å²) >= 11 is 1.77. The molecule has 182 valence electrons. The Balaban J connectivity index is 1.13. The maximum Gasteiger partial charge on any atom is 0.410 e. The van der Waals surface area contributed by atoms with Gasteiger partial charge in [0.25, 0.3) is 0 Å². The maximum atomic E-state index is 12.6. The standard InChI is InChI=1S/C26H30N6O2S/c1-16-10-17(2)12-19(11-16)15-34-26(33)32-8-6-20(7-9-32)25-28-18(3)24(35-25)14-27-21-4-5-22-23(13-21)30-31-29-22/h4-5,10-13,20,27H,6-9,14-15H2,1-3H3,(H,29,30,31). The zero-order chi connectivity index (χ0) is 24.4. The number of carbonyl (C=O) groups is 1. The number of likely N-dealkylation sites (tertiary alicyclic amines) is 1. The number of benzene rings is 2. The molecule has 9 heteroatoms. The molecule has 0 spiro atoms. The number of fused-ring (bicyclic) bond motifs is 1. The summed E-state index contributed by atoms with van der Waals surface area (Å²) in [7, 11) is 0. The third-order valence-electron chi connectivity index (χ3n) is 6.42. The average Bonchev–Trinajstić information content (AvgIpc) is 3.46. The van der Waals surface area contributed by atoms with Gasteiger partial charge in [-0.15, -0.1) is 11.3 Å². The Morgan fingerprint density at radius 3 is 2.60 bits per heavy atom. The van der Waals surface area contributed by atoms with Gasteiger partial charge in [0.1, 0.15) is 17.6 Å². The summed E-state index contributed by atoms with van der Waals surface area (Å²) in [5.74, 6) is 0.377. The minimum Gasteiger partial charge on any atom is -0.445 e. The molecule has 2 N–H and O–H groups in total. The highest BCUT2D eigenvalue weighted by Crippen LogP contribution is 2.33. The molecule has 1 aliphatic heterocycles. The molecule has 2 aromatic heterocycles. The molecule has 0 aliphatic carbocycles. The van der Waals surface area contributed by atoms with E-state index in [4.69, 9.17) is 9.72 Å². The van der Waals surface area contributed by atoms with Gasteiger partial charge in [-0.1, -0.05) is 29.3 Å². The molecule has 1 aliphatic rings. The van der Waals surface area contributed by atoms with Gasteiger partial charge in [-0.3, -0.25) is 0 Å². The quantitative estimate of drug-likeness (QED) is 0.372. The van der Waals surface area contributed by atoms with E-state index in [9.17, 15) is 4.79 Å². The number of rotatable bonds is 6. The van der Waals surface area contributed by atoms with Gasteiger partial charge in [0.05, 0.1) is 17.2 Å². The number of hydrogen-bond acceptors (Lipinski definition) is 7. The van der Waals surface area contributed by atoms with Crippen LogP contribution >= 0.6 is 11.3 Å². The van der Waals surface area contributed by atoms with Gasteiger partial charge in [-0.05, 0) is 57.4 Å². The minimum atomic E-state index is -0.230. The summed E-state index contributed by atoms with van der Waals surface area (Å²) in [6, 6.07) is 12.2. The van der Waals surface area contributed by atoms with Crippen LogP contribution in [-0.2, 0) is 17.9 Å². The van der Waals surface area contributed by atoms with E-state index in [1.807, 2.05) is 23.1 Å². The number of ether oxygens (including phenoxy) is 1. The van der Waals surface area contributed by atoms with E-state index < -0.39 is 0 Å². The van der Waals surface area contributed by atoms with Gasteiger partial charge in [0.15, 0.2) is 0 Å². The Kier molecular flexibility index (Phi) is 6.68. The highest BCUT2D eigenvalue weighted by Gasteiger charge is 2.27. The first-order chi connectivity index (χ1) is 16.9. The lowest BCUT2D eigenvalue weighted by atomic mass is 9.98. The van der Waals surface area contributed by atoms with Crippen LogP contribution in [0, 0.1) is 20.8 Å². The van der Waals surface area contributed by atoms with Crippen LogP contribution in [0.2, 0.25) is 0 Å². The van der Waals surface area contributed by atoms with Crippen molar-refractivity contribution in [1.82, 2.24) is 25.3 Å². The van der Waals surface area contributed by atoms with E-state index in [-0.39, 0.29) is 6.09 Å². The van der Waals surface area contributed by atoms with E-state index in [1.54, 1.807) is 11.3 Å². The molecule has 5 rings (SSSR count). The van der Waals surface area contributed by atoms with E-state index in [0.29, 0.717) is 25.6 Å². The third kappa shape index (κ3) is 5.45. The largest absolute Gasteiger partial charge is 0.445 e. The number of nitrogens with one attached hydrogen (secondary N) is 2. The van der Waals surface area contributed by atoms with E-state index >= 15 is 0 Å². The molecule has 35 heavy (non-hydrogen) atoms. The topological polar surface area (TPSA) is 96.0 Å². The number of piperidine rings is 1. The number of thiazole rings is 1. The zero-order valence-corrected chi connectivity index (χ0v) is 21.1. The normalized spacial score (nSPS) is 14.4. The average molecular weight is 491 g/mol. The second kappa shape index (κ2) is 10.0. The summed E-state index contributed by atoms with van der Waals surface area (Å²) in [5, 5.41) is 15.5. The maximum absolute atomic E-state index is 12.6. The lowest BCUT2D eigenvalue weighted by molar-refractivity contribution is 0.0870. The fourth-order valence-electron chi connectivity index (χ4n) is 4.62. The summed E-state index contributed by atoms with van der Waals surface area (Å²) in [4.78, 5) is 20.5. The van der Waals surface area contributed by atoms with Crippen LogP contribution in [0.3, 0.4) is 0 Å². The number of hydrogen-bond donors (Lipinski definition) is 2. The number of amides is 1. The molecule has 0 unspecified atom stereocenters. The first kappa shape index (κ1) is 23.3. The molecule has 0 saturated carbocycles. The molecule has 4 aromatic rings. The SMILES string of the molecule is Cc1cc(C)cc(COC(=O)N2CCC(c3nc(C)c(CNc4ccc5n[nH]nc5c4)s3)CC2)c1. The molecule has 0 bridgehead atoms. The van der Waals surface area contributed by atoms with Crippen molar-refractivity contribution < 1.29 is 9.53 Å². The van der Waals surface area contributed by atoms with Crippen molar-refractivity contribution in [3.8, 4) is 0 Å². The van der Waals surface area contributed by atoms with Crippen LogP contribution in [0.4, 0.5) is 10.5 Å². The molecule has 1 amide bonds. The fourth-order valence-corrected chi connectivity index (χ4v) is 5.79. The van der Waals surface area contributed by atoms with Crippen LogP contribution in [0.1, 0.15) is 51.0 Å². The Hall–Kier alpha value is -3.46. The number of aromatic nitrogens is 4. The number of aryl methyl sites for hydroxylation is 3. The molecular formula is C26H30N6O2S. The first-order valence-electron chi connectivity index (χ1n) is 11.9. The molecule has 3 heterocycles. The number of carbonyl (C=O) groups excluding carboxylic acids is 1. The molecule has 0 atom stereocenters. The molecule has 2 aromatic carbocycles. The molecular weight excluding hydrogens is 460 g/mol. The molecule has 8 nitrogen and oxygen atoms in total. The minimum absolute atomic E-state index is 0.230. The van der Waals surface area contributed by atoms with Crippen molar-refractivity contribution in [3.05, 3.63) is 68.7 Å². The van der Waals surface area contributed by atoms with Gasteiger partial charge in [-0.2, -0.15) is 15.4 Å². The fraction of sp³-hybridized carbons (Fsp3) is 0.385. The number of aromatic amines is 1. The van der Waals surface area contributed by atoms with Crippen LogP contribution in [0.5, 0.6) is 0 Å². The van der Waals surface area contributed by atoms with Crippen LogP contribution in [0.25, 0.3) is 11.0 Å². The second-order valence-electron chi connectivity index (χ2n) is 9.25. The summed E-state index contributed by atoms with van der Waals surface area (Å²) < 4.78 is 5.59. The smallest absolute Gasteiger partial charge is 0.410 e. The lowest BCUT2D eigenvalue weighted by Gasteiger charge is -2.30. The van der Waals surface area contributed by atoms with Crippen molar-refractivity contribution in [3.63, 3.8) is 0 Å². The van der Waals surface area contributed by atoms with E-state index in [2.05, 4.69) is 59.7 Å². The Bertz CT molecular complexity index is 1320. The van der Waals surface area contributed by atoms with E-state index in [1.165, 1.54) is 16.0 Å². The molecule has 1 fully saturated rings. The third-order valence-corrected chi connectivity index (χ3v) is 7.74. The van der Waals surface area contributed by atoms with Gasteiger partial charge in [0, 0.05) is 29.6 Å². The summed E-state index contributed by atoms with van der Waals surface area (Å²) in [6.45, 7) is 8.60. The number of anilines is 1. The number of H-pyrrole nitrogens is 1. The summed E-state index contributed by atoms with van der Waals surface area (Å²) in [5.41, 5.74) is 7.17. The Morgan fingerprint density at radius 2 is 1.83 bits per heavy atom. The van der Waals surface area contributed by atoms with Crippen molar-refractivity contribution in [2.45, 2.75) is 52.7 Å². The van der Waals surface area contributed by atoms with Crippen LogP contribution in [-0.4, -0.2) is 44.5 Å². The highest BCUT2D eigenvalue weighted by atomic mass is 32.1. The van der Waals surface area contributed by atoms with Gasteiger partial charge >= 0.3 is 6.09 Å². The predicted octanol–water partition coefficient (Wildman–Crippen LogP) is 5.47. The Morgan fingerprint density at radius 1 is 1.09 bits per heavy atom. The molecule has 0 radical (unpaired) electrons. The summed E-state index contributed by atoms with van der Waals surface area (Å²) in [6.07, 6.45) is 1.58. The van der Waals surface area contributed by atoms with Crippen molar-refractivity contribution in [1.29, 1.82) is 0 Å². The van der Waals surface area contributed by atoms with Gasteiger partial charge in [0.2, 0.25) is 0 Å². The van der Waals surface area contributed by atoms with Crippen LogP contribution in [0.15, 0.2) is 36.4 Å². The monoisotopic (exact) mass is 490 g/mol. The van der Waals surface area contributed by atoms with Crippen molar-refractivity contribution in [2.24, 2.45) is 0 Å². The van der Waals surface area contributed by atoms with Gasteiger partial charge in [-0.25, -0.2) is 9.78 Å².